The highest BCUT2D eigenvalue weighted by Gasteiger charge is 2.25. The Labute approximate surface area is 91.9 Å². The van der Waals surface area contributed by atoms with Crippen molar-refractivity contribution >= 4 is 0 Å². The molecule has 1 N–H and O–H groups in total. The summed E-state index contributed by atoms with van der Waals surface area (Å²) in [5.74, 6) is 0. The van der Waals surface area contributed by atoms with Gasteiger partial charge in [-0.25, -0.2) is 0 Å². The Bertz CT molecular complexity index is 185. The first-order chi connectivity index (χ1) is 7.24. The van der Waals surface area contributed by atoms with Gasteiger partial charge in [-0.3, -0.25) is 4.90 Å². The predicted molar refractivity (Wildman–Crippen MR) is 59.1 cm³/mol. The maximum atomic E-state index is 5.71. The van der Waals surface area contributed by atoms with Gasteiger partial charge in [-0.05, 0) is 13.8 Å². The lowest BCUT2D eigenvalue weighted by molar-refractivity contribution is -0.0735. The molecule has 0 aromatic carbocycles. The lowest BCUT2D eigenvalue weighted by Crippen LogP contribution is -2.53. The molecule has 2 saturated heterocycles. The Morgan fingerprint density at radius 1 is 1.27 bits per heavy atom. The number of nitrogens with zero attached hydrogens (tertiary/aromatic N) is 1. The minimum Gasteiger partial charge on any atom is -0.378 e. The molecular formula is C11H22N2O2. The molecule has 15 heavy (non-hydrogen) atoms. The summed E-state index contributed by atoms with van der Waals surface area (Å²) >= 11 is 0. The van der Waals surface area contributed by atoms with Crippen LogP contribution in [0.25, 0.3) is 0 Å². The van der Waals surface area contributed by atoms with Crippen LogP contribution in [0.15, 0.2) is 0 Å². The fourth-order valence-corrected chi connectivity index (χ4v) is 2.48. The third kappa shape index (κ3) is 3.41. The summed E-state index contributed by atoms with van der Waals surface area (Å²) in [5.41, 5.74) is 0. The van der Waals surface area contributed by atoms with Crippen LogP contribution in [-0.2, 0) is 9.47 Å². The summed E-state index contributed by atoms with van der Waals surface area (Å²) in [6, 6.07) is 0.497. The molecule has 0 spiro atoms. The van der Waals surface area contributed by atoms with Gasteiger partial charge in [0.2, 0.25) is 0 Å². The van der Waals surface area contributed by atoms with Crippen molar-refractivity contribution in [2.75, 3.05) is 39.4 Å². The zero-order valence-corrected chi connectivity index (χ0v) is 9.74. The van der Waals surface area contributed by atoms with E-state index in [1.54, 1.807) is 0 Å². The molecule has 2 aliphatic heterocycles. The molecule has 0 aromatic heterocycles. The first-order valence-corrected chi connectivity index (χ1v) is 5.93. The van der Waals surface area contributed by atoms with Crippen LogP contribution in [0.4, 0.5) is 0 Å². The van der Waals surface area contributed by atoms with Gasteiger partial charge in [-0.1, -0.05) is 0 Å². The lowest BCUT2D eigenvalue weighted by atomic mass is 10.2. The maximum absolute atomic E-state index is 5.71. The number of rotatable bonds is 2. The first-order valence-electron chi connectivity index (χ1n) is 5.93. The van der Waals surface area contributed by atoms with Crippen molar-refractivity contribution in [1.82, 2.24) is 10.2 Å². The van der Waals surface area contributed by atoms with Gasteiger partial charge in [0.25, 0.3) is 0 Å². The van der Waals surface area contributed by atoms with E-state index in [9.17, 15) is 0 Å². The molecule has 0 saturated carbocycles. The van der Waals surface area contributed by atoms with Crippen molar-refractivity contribution in [2.24, 2.45) is 0 Å². The van der Waals surface area contributed by atoms with E-state index in [4.69, 9.17) is 9.47 Å². The van der Waals surface area contributed by atoms with E-state index < -0.39 is 0 Å². The van der Waals surface area contributed by atoms with E-state index in [0.717, 1.165) is 39.4 Å². The van der Waals surface area contributed by atoms with Crippen LogP contribution in [0.3, 0.4) is 0 Å². The number of nitrogens with one attached hydrogen (secondary N) is 1. The summed E-state index contributed by atoms with van der Waals surface area (Å²) in [7, 11) is 0. The third-order valence-electron chi connectivity index (χ3n) is 2.97. The molecular weight excluding hydrogens is 192 g/mol. The SMILES string of the molecule is C[C@@H]1CN(CC2COCCN2)C[C@H](C)O1. The highest BCUT2D eigenvalue weighted by molar-refractivity contribution is 4.79. The van der Waals surface area contributed by atoms with Crippen LogP contribution in [0.5, 0.6) is 0 Å². The summed E-state index contributed by atoms with van der Waals surface area (Å²) in [6.07, 6.45) is 0.719. The van der Waals surface area contributed by atoms with Crippen LogP contribution in [0.2, 0.25) is 0 Å². The van der Waals surface area contributed by atoms with Gasteiger partial charge in [-0.2, -0.15) is 0 Å². The minimum atomic E-state index is 0.359. The molecule has 88 valence electrons. The van der Waals surface area contributed by atoms with E-state index in [2.05, 4.69) is 24.1 Å². The Morgan fingerprint density at radius 3 is 2.60 bits per heavy atom. The van der Waals surface area contributed by atoms with Gasteiger partial charge in [0, 0.05) is 32.2 Å². The summed E-state index contributed by atoms with van der Waals surface area (Å²) in [6.45, 7) is 10.1. The first kappa shape index (κ1) is 11.3. The van der Waals surface area contributed by atoms with Crippen LogP contribution < -0.4 is 5.32 Å². The smallest absolute Gasteiger partial charge is 0.0678 e. The van der Waals surface area contributed by atoms with E-state index in [0.29, 0.717) is 18.2 Å². The Morgan fingerprint density at radius 2 is 2.00 bits per heavy atom. The summed E-state index contributed by atoms with van der Waals surface area (Å²) in [5, 5.41) is 3.49. The van der Waals surface area contributed by atoms with Crippen molar-refractivity contribution < 1.29 is 9.47 Å². The average Bonchev–Trinajstić information content (AvgIpc) is 2.17. The molecule has 3 atom stereocenters. The Kier molecular flexibility index (Phi) is 3.97. The Hall–Kier alpha value is -0.160. The number of ether oxygens (including phenoxy) is 2. The maximum Gasteiger partial charge on any atom is 0.0678 e. The molecule has 2 aliphatic rings. The fourth-order valence-electron chi connectivity index (χ4n) is 2.48. The van der Waals surface area contributed by atoms with Crippen molar-refractivity contribution in [3.05, 3.63) is 0 Å². The number of morpholine rings is 2. The highest BCUT2D eigenvalue weighted by atomic mass is 16.5. The van der Waals surface area contributed by atoms with Crippen LogP contribution in [0, 0.1) is 0 Å². The van der Waals surface area contributed by atoms with Gasteiger partial charge in [0.1, 0.15) is 0 Å². The summed E-state index contributed by atoms with van der Waals surface area (Å²) < 4.78 is 11.2. The highest BCUT2D eigenvalue weighted by Crippen LogP contribution is 2.11. The number of hydrogen-bond donors (Lipinski definition) is 1. The van der Waals surface area contributed by atoms with Crippen molar-refractivity contribution in [1.29, 1.82) is 0 Å². The van der Waals surface area contributed by atoms with Gasteiger partial charge >= 0.3 is 0 Å². The summed E-state index contributed by atoms with van der Waals surface area (Å²) in [4.78, 5) is 2.48. The van der Waals surface area contributed by atoms with Crippen molar-refractivity contribution in [3.8, 4) is 0 Å². The van der Waals surface area contributed by atoms with Gasteiger partial charge in [0.15, 0.2) is 0 Å². The zero-order chi connectivity index (χ0) is 10.7. The van der Waals surface area contributed by atoms with Crippen LogP contribution in [0.1, 0.15) is 13.8 Å². The largest absolute Gasteiger partial charge is 0.378 e. The van der Waals surface area contributed by atoms with E-state index >= 15 is 0 Å². The molecule has 4 nitrogen and oxygen atoms in total. The normalized spacial score (nSPS) is 39.2. The molecule has 4 heteroatoms. The second kappa shape index (κ2) is 5.25. The quantitative estimate of drug-likeness (QED) is 0.706. The molecule has 2 fully saturated rings. The topological polar surface area (TPSA) is 33.7 Å². The van der Waals surface area contributed by atoms with Crippen LogP contribution >= 0.6 is 0 Å². The predicted octanol–water partition coefficient (Wildman–Crippen LogP) is 0.0840. The second-order valence-corrected chi connectivity index (χ2v) is 4.70. The minimum absolute atomic E-state index is 0.359. The van der Waals surface area contributed by atoms with Crippen molar-refractivity contribution in [2.45, 2.75) is 32.1 Å². The van der Waals surface area contributed by atoms with E-state index in [-0.39, 0.29) is 0 Å². The lowest BCUT2D eigenvalue weighted by Gasteiger charge is -2.38. The molecule has 0 radical (unpaired) electrons. The zero-order valence-electron chi connectivity index (χ0n) is 9.74. The van der Waals surface area contributed by atoms with Gasteiger partial charge in [0.05, 0.1) is 25.4 Å². The molecule has 0 aromatic rings. The molecule has 1 unspecified atom stereocenters. The average molecular weight is 214 g/mol. The Balaban J connectivity index is 1.77. The second-order valence-electron chi connectivity index (χ2n) is 4.70. The molecule has 0 amide bonds. The molecule has 2 heterocycles. The molecule has 2 rings (SSSR count). The third-order valence-corrected chi connectivity index (χ3v) is 2.97. The molecule has 0 bridgehead atoms. The van der Waals surface area contributed by atoms with E-state index in [1.165, 1.54) is 0 Å². The fraction of sp³-hybridized carbons (Fsp3) is 1.00. The standard InChI is InChI=1S/C11H22N2O2/c1-9-5-13(6-10(2)15-9)7-11-8-14-4-3-12-11/h9-12H,3-8H2,1-2H3/t9-,10+,11?. The van der Waals surface area contributed by atoms with Crippen LogP contribution in [-0.4, -0.2) is 62.5 Å². The van der Waals surface area contributed by atoms with Gasteiger partial charge in [-0.15, -0.1) is 0 Å². The van der Waals surface area contributed by atoms with E-state index in [1.807, 2.05) is 0 Å². The number of hydrogen-bond acceptors (Lipinski definition) is 4. The van der Waals surface area contributed by atoms with Crippen molar-refractivity contribution in [3.63, 3.8) is 0 Å². The van der Waals surface area contributed by atoms with Gasteiger partial charge < -0.3 is 14.8 Å². The molecule has 0 aliphatic carbocycles. The monoisotopic (exact) mass is 214 g/mol.